The van der Waals surface area contributed by atoms with Gasteiger partial charge in [-0.2, -0.15) is 0 Å². The van der Waals surface area contributed by atoms with Gasteiger partial charge in [-0.1, -0.05) is 12.5 Å². The van der Waals surface area contributed by atoms with E-state index in [0.29, 0.717) is 5.41 Å². The Morgan fingerprint density at radius 3 is 2.78 bits per heavy atom. The number of fused-ring (bicyclic) bond motifs is 1. The molecule has 18 heavy (non-hydrogen) atoms. The van der Waals surface area contributed by atoms with Crippen molar-refractivity contribution in [3.05, 3.63) is 29.6 Å². The Hall–Kier alpha value is -1.35. The molecular formula is C15H21N3. The van der Waals surface area contributed by atoms with Crippen LogP contribution in [0.4, 0.5) is 0 Å². The summed E-state index contributed by atoms with van der Waals surface area (Å²) in [5.74, 6) is 1.08. The lowest BCUT2D eigenvalue weighted by molar-refractivity contribution is 0.239. The van der Waals surface area contributed by atoms with E-state index >= 15 is 0 Å². The highest BCUT2D eigenvalue weighted by atomic mass is 15.0. The van der Waals surface area contributed by atoms with Crippen molar-refractivity contribution in [1.29, 1.82) is 0 Å². The van der Waals surface area contributed by atoms with E-state index in [1.54, 1.807) is 0 Å². The Bertz CT molecular complexity index is 579. The fourth-order valence-electron chi connectivity index (χ4n) is 3.15. The van der Waals surface area contributed by atoms with Crippen molar-refractivity contribution >= 4 is 11.0 Å². The molecule has 2 aromatic rings. The van der Waals surface area contributed by atoms with Gasteiger partial charge in [0, 0.05) is 19.0 Å². The number of imidazole rings is 1. The third kappa shape index (κ3) is 1.57. The molecule has 0 spiro atoms. The van der Waals surface area contributed by atoms with E-state index in [4.69, 9.17) is 0 Å². The molecule has 1 aromatic carbocycles. The van der Waals surface area contributed by atoms with Crippen LogP contribution in [0.2, 0.25) is 0 Å². The second-order valence-corrected chi connectivity index (χ2v) is 5.59. The molecule has 0 amide bonds. The highest BCUT2D eigenvalue weighted by molar-refractivity contribution is 5.77. The van der Waals surface area contributed by atoms with Crippen molar-refractivity contribution in [2.45, 2.75) is 31.6 Å². The Kier molecular flexibility index (Phi) is 2.67. The molecule has 0 aliphatic heterocycles. The largest absolute Gasteiger partial charge is 0.331 e. The molecule has 0 atom stereocenters. The third-order valence-corrected chi connectivity index (χ3v) is 4.54. The van der Waals surface area contributed by atoms with E-state index < -0.39 is 0 Å². The molecule has 3 heteroatoms. The van der Waals surface area contributed by atoms with Crippen LogP contribution < -0.4 is 5.32 Å². The maximum atomic E-state index is 4.57. The number of nitrogens with one attached hydrogen (secondary N) is 1. The number of benzene rings is 1. The maximum absolute atomic E-state index is 4.57. The van der Waals surface area contributed by atoms with Gasteiger partial charge in [0.15, 0.2) is 0 Å². The van der Waals surface area contributed by atoms with Gasteiger partial charge in [-0.25, -0.2) is 4.98 Å². The van der Waals surface area contributed by atoms with Crippen LogP contribution in [0.5, 0.6) is 0 Å². The van der Waals surface area contributed by atoms with Crippen LogP contribution in [0, 0.1) is 6.92 Å². The van der Waals surface area contributed by atoms with Gasteiger partial charge in [0.2, 0.25) is 0 Å². The lowest BCUT2D eigenvalue weighted by Gasteiger charge is -2.42. The summed E-state index contributed by atoms with van der Waals surface area (Å²) in [6.45, 7) is 3.14. The first-order valence-electron chi connectivity index (χ1n) is 6.74. The first kappa shape index (κ1) is 11.7. The molecule has 1 saturated carbocycles. The summed E-state index contributed by atoms with van der Waals surface area (Å²) in [5.41, 5.74) is 4.20. The molecule has 1 N–H and O–H groups in total. The monoisotopic (exact) mass is 243 g/mol. The van der Waals surface area contributed by atoms with Gasteiger partial charge in [-0.05, 0) is 44.5 Å². The van der Waals surface area contributed by atoms with Crippen LogP contribution in [-0.4, -0.2) is 23.1 Å². The Morgan fingerprint density at radius 1 is 1.39 bits per heavy atom. The number of aromatic nitrogens is 2. The van der Waals surface area contributed by atoms with Crippen molar-refractivity contribution in [3.63, 3.8) is 0 Å². The molecule has 0 bridgehead atoms. The number of likely N-dealkylation sites (N-methyl/N-ethyl adjacent to an activating group) is 1. The predicted octanol–water partition coefficient (Wildman–Crippen LogP) is 2.52. The van der Waals surface area contributed by atoms with Gasteiger partial charge in [0.25, 0.3) is 0 Å². The van der Waals surface area contributed by atoms with E-state index in [2.05, 4.69) is 47.0 Å². The summed E-state index contributed by atoms with van der Waals surface area (Å²) in [7, 11) is 4.15. The van der Waals surface area contributed by atoms with Gasteiger partial charge >= 0.3 is 0 Å². The first-order chi connectivity index (χ1) is 8.66. The lowest BCUT2D eigenvalue weighted by atomic mass is 9.64. The van der Waals surface area contributed by atoms with E-state index in [-0.39, 0.29) is 0 Å². The second-order valence-electron chi connectivity index (χ2n) is 5.59. The molecule has 1 aromatic heterocycles. The average molecular weight is 243 g/mol. The molecule has 1 fully saturated rings. The topological polar surface area (TPSA) is 29.9 Å². The van der Waals surface area contributed by atoms with Gasteiger partial charge < -0.3 is 9.88 Å². The summed E-state index contributed by atoms with van der Waals surface area (Å²) in [5, 5.41) is 3.35. The standard InChI is InChI=1S/C15H21N3/c1-11-17-13-6-5-12(9-14(13)18(11)3)15(10-16-2)7-4-8-15/h5-6,9,16H,4,7-8,10H2,1-3H3. The fraction of sp³-hybridized carbons (Fsp3) is 0.533. The zero-order valence-electron chi connectivity index (χ0n) is 11.5. The van der Waals surface area contributed by atoms with Crippen LogP contribution in [0.3, 0.4) is 0 Å². The molecule has 0 radical (unpaired) electrons. The van der Waals surface area contributed by atoms with Crippen LogP contribution in [0.25, 0.3) is 11.0 Å². The number of hydrogen-bond donors (Lipinski definition) is 1. The molecule has 96 valence electrons. The predicted molar refractivity (Wildman–Crippen MR) is 74.9 cm³/mol. The summed E-state index contributed by atoms with van der Waals surface area (Å²) < 4.78 is 2.19. The molecule has 3 nitrogen and oxygen atoms in total. The molecule has 1 heterocycles. The highest BCUT2D eigenvalue weighted by Gasteiger charge is 2.38. The summed E-state index contributed by atoms with van der Waals surface area (Å²) in [4.78, 5) is 4.57. The van der Waals surface area contributed by atoms with Gasteiger partial charge in [-0.3, -0.25) is 0 Å². The minimum Gasteiger partial charge on any atom is -0.331 e. The zero-order chi connectivity index (χ0) is 12.8. The molecule has 1 aliphatic rings. The van der Waals surface area contributed by atoms with Gasteiger partial charge in [-0.15, -0.1) is 0 Å². The number of rotatable bonds is 3. The Balaban J connectivity index is 2.09. The summed E-state index contributed by atoms with van der Waals surface area (Å²) in [6.07, 6.45) is 3.95. The van der Waals surface area contributed by atoms with Crippen molar-refractivity contribution < 1.29 is 0 Å². The smallest absolute Gasteiger partial charge is 0.106 e. The number of nitrogens with zero attached hydrogens (tertiary/aromatic N) is 2. The Labute approximate surface area is 108 Å². The summed E-state index contributed by atoms with van der Waals surface area (Å²) >= 11 is 0. The fourth-order valence-corrected chi connectivity index (χ4v) is 3.15. The molecular weight excluding hydrogens is 222 g/mol. The van der Waals surface area contributed by atoms with Crippen molar-refractivity contribution in [2.75, 3.05) is 13.6 Å². The SMILES string of the molecule is CNCC1(c2ccc3nc(C)n(C)c3c2)CCC1. The maximum Gasteiger partial charge on any atom is 0.106 e. The zero-order valence-corrected chi connectivity index (χ0v) is 11.5. The van der Waals surface area contributed by atoms with E-state index in [9.17, 15) is 0 Å². The van der Waals surface area contributed by atoms with E-state index in [1.807, 2.05) is 7.05 Å². The number of hydrogen-bond acceptors (Lipinski definition) is 2. The molecule has 3 rings (SSSR count). The molecule has 0 unspecified atom stereocenters. The first-order valence-corrected chi connectivity index (χ1v) is 6.74. The van der Waals surface area contributed by atoms with Crippen LogP contribution in [0.15, 0.2) is 18.2 Å². The van der Waals surface area contributed by atoms with Crippen LogP contribution in [0.1, 0.15) is 30.7 Å². The lowest BCUT2D eigenvalue weighted by Crippen LogP contribution is -2.42. The summed E-state index contributed by atoms with van der Waals surface area (Å²) in [6, 6.07) is 6.78. The minimum atomic E-state index is 0.362. The average Bonchev–Trinajstić information content (AvgIpc) is 2.60. The van der Waals surface area contributed by atoms with E-state index in [1.165, 1.54) is 30.3 Å². The van der Waals surface area contributed by atoms with Gasteiger partial charge in [0.05, 0.1) is 11.0 Å². The normalized spacial score (nSPS) is 17.9. The molecule has 1 aliphatic carbocycles. The van der Waals surface area contributed by atoms with Crippen LogP contribution in [-0.2, 0) is 12.5 Å². The second kappa shape index (κ2) is 4.09. The van der Waals surface area contributed by atoms with Crippen molar-refractivity contribution in [2.24, 2.45) is 7.05 Å². The Morgan fingerprint density at radius 2 is 2.17 bits per heavy atom. The van der Waals surface area contributed by atoms with Gasteiger partial charge in [0.1, 0.15) is 5.82 Å². The number of aryl methyl sites for hydroxylation is 2. The highest BCUT2D eigenvalue weighted by Crippen LogP contribution is 2.43. The van der Waals surface area contributed by atoms with Crippen molar-refractivity contribution in [1.82, 2.24) is 14.9 Å². The quantitative estimate of drug-likeness (QED) is 0.897. The minimum absolute atomic E-state index is 0.362. The van der Waals surface area contributed by atoms with Crippen molar-refractivity contribution in [3.8, 4) is 0 Å². The van der Waals surface area contributed by atoms with Crippen LogP contribution >= 0.6 is 0 Å². The van der Waals surface area contributed by atoms with E-state index in [0.717, 1.165) is 17.9 Å². The molecule has 0 saturated heterocycles. The third-order valence-electron chi connectivity index (χ3n) is 4.54.